The van der Waals surface area contributed by atoms with Gasteiger partial charge in [0.05, 0.1) is 23.3 Å². The molecule has 9 heteroatoms. The second-order valence-electron chi connectivity index (χ2n) is 7.70. The van der Waals surface area contributed by atoms with E-state index < -0.39 is 28.0 Å². The number of hydrogen-bond donors (Lipinski definition) is 1. The molecule has 3 rings (SSSR count). The van der Waals surface area contributed by atoms with Crippen LogP contribution in [0.1, 0.15) is 27.6 Å². The van der Waals surface area contributed by atoms with Crippen LogP contribution in [0.15, 0.2) is 77.7 Å². The molecule has 178 valence electrons. The second kappa shape index (κ2) is 10.5. The zero-order chi connectivity index (χ0) is 24.9. The van der Waals surface area contributed by atoms with E-state index in [4.69, 9.17) is 9.47 Å². The van der Waals surface area contributed by atoms with E-state index in [-0.39, 0.29) is 10.5 Å². The van der Waals surface area contributed by atoms with Gasteiger partial charge >= 0.3 is 5.97 Å². The summed E-state index contributed by atoms with van der Waals surface area (Å²) in [5.74, 6) is -0.862. The maximum atomic E-state index is 13.2. The van der Waals surface area contributed by atoms with E-state index in [9.17, 15) is 18.0 Å². The first-order chi connectivity index (χ1) is 16.1. The van der Waals surface area contributed by atoms with E-state index >= 15 is 0 Å². The topological polar surface area (TPSA) is 102 Å². The Morgan fingerprint density at radius 1 is 0.941 bits per heavy atom. The number of benzene rings is 3. The van der Waals surface area contributed by atoms with Crippen LogP contribution >= 0.6 is 0 Å². The number of rotatable bonds is 8. The summed E-state index contributed by atoms with van der Waals surface area (Å²) in [5, 5.41) is 2.77. The Kier molecular flexibility index (Phi) is 7.70. The molecule has 0 aliphatic heterocycles. The highest BCUT2D eigenvalue weighted by Crippen LogP contribution is 2.28. The zero-order valence-electron chi connectivity index (χ0n) is 19.3. The van der Waals surface area contributed by atoms with Crippen molar-refractivity contribution in [3.8, 4) is 5.75 Å². The summed E-state index contributed by atoms with van der Waals surface area (Å²) in [6, 6.07) is 19.3. The van der Waals surface area contributed by atoms with Gasteiger partial charge in [0.25, 0.3) is 5.91 Å². The molecule has 3 aromatic carbocycles. The lowest BCUT2D eigenvalue weighted by Crippen LogP contribution is -2.26. The van der Waals surface area contributed by atoms with Crippen LogP contribution in [0.25, 0.3) is 0 Å². The number of esters is 1. The number of nitrogens with one attached hydrogen (secondary N) is 1. The number of amides is 1. The van der Waals surface area contributed by atoms with Crippen LogP contribution in [0.4, 0.5) is 5.69 Å². The SMILES string of the molecule is COc1ccc(C)cc1NC(=O)[C@@H](OC(=O)c1ccc(S(=O)(=O)N(C)C)cc1)c1ccccc1. The Morgan fingerprint density at radius 2 is 1.59 bits per heavy atom. The molecule has 1 amide bonds. The molecule has 0 aliphatic carbocycles. The lowest BCUT2D eigenvalue weighted by atomic mass is 10.1. The quantitative estimate of drug-likeness (QED) is 0.490. The van der Waals surface area contributed by atoms with Gasteiger partial charge in [-0.15, -0.1) is 0 Å². The number of anilines is 1. The van der Waals surface area contributed by atoms with Crippen molar-refractivity contribution < 1.29 is 27.5 Å². The summed E-state index contributed by atoms with van der Waals surface area (Å²) in [5.41, 5.74) is 1.95. The van der Waals surface area contributed by atoms with Crippen molar-refractivity contribution in [3.05, 3.63) is 89.5 Å². The molecule has 0 bridgehead atoms. The van der Waals surface area contributed by atoms with E-state index in [1.807, 2.05) is 13.0 Å². The lowest BCUT2D eigenvalue weighted by Gasteiger charge is -2.19. The molecule has 0 aliphatic rings. The fourth-order valence-electron chi connectivity index (χ4n) is 3.17. The van der Waals surface area contributed by atoms with Gasteiger partial charge in [-0.3, -0.25) is 4.79 Å². The van der Waals surface area contributed by atoms with Gasteiger partial charge in [-0.05, 0) is 48.9 Å². The number of carbonyl (C=O) groups excluding carboxylic acids is 2. The molecule has 1 N–H and O–H groups in total. The van der Waals surface area contributed by atoms with Crippen LogP contribution < -0.4 is 10.1 Å². The van der Waals surface area contributed by atoms with Gasteiger partial charge in [0, 0.05) is 19.7 Å². The van der Waals surface area contributed by atoms with E-state index in [1.165, 1.54) is 45.5 Å². The highest BCUT2D eigenvalue weighted by Gasteiger charge is 2.27. The summed E-state index contributed by atoms with van der Waals surface area (Å²) in [6.45, 7) is 1.88. The Bertz CT molecular complexity index is 1270. The molecular weight excluding hydrogens is 456 g/mol. The fraction of sp³-hybridized carbons (Fsp3) is 0.200. The average molecular weight is 483 g/mol. The molecule has 0 heterocycles. The number of sulfonamides is 1. The van der Waals surface area contributed by atoms with Crippen molar-refractivity contribution in [1.82, 2.24) is 4.31 Å². The maximum absolute atomic E-state index is 13.2. The predicted octanol–water partition coefficient (Wildman–Crippen LogP) is 3.79. The third-order valence-corrected chi connectivity index (χ3v) is 6.88. The molecule has 0 aromatic heterocycles. The third-order valence-electron chi connectivity index (χ3n) is 5.05. The van der Waals surface area contributed by atoms with Crippen LogP contribution in [-0.2, 0) is 19.6 Å². The number of aryl methyl sites for hydroxylation is 1. The van der Waals surface area contributed by atoms with Crippen molar-refractivity contribution >= 4 is 27.6 Å². The minimum absolute atomic E-state index is 0.0398. The van der Waals surface area contributed by atoms with Crippen LogP contribution in [0.5, 0.6) is 5.75 Å². The van der Waals surface area contributed by atoms with Crippen molar-refractivity contribution in [1.29, 1.82) is 0 Å². The Morgan fingerprint density at radius 3 is 2.18 bits per heavy atom. The van der Waals surface area contributed by atoms with Crippen molar-refractivity contribution in [2.24, 2.45) is 0 Å². The monoisotopic (exact) mass is 482 g/mol. The summed E-state index contributed by atoms with van der Waals surface area (Å²) in [7, 11) is 0.698. The summed E-state index contributed by atoms with van der Waals surface area (Å²) in [4.78, 5) is 26.1. The highest BCUT2D eigenvalue weighted by molar-refractivity contribution is 7.89. The average Bonchev–Trinajstić information content (AvgIpc) is 2.83. The number of methoxy groups -OCH3 is 1. The van der Waals surface area contributed by atoms with Crippen molar-refractivity contribution in [3.63, 3.8) is 0 Å². The minimum Gasteiger partial charge on any atom is -0.495 e. The van der Waals surface area contributed by atoms with E-state index in [0.29, 0.717) is 17.0 Å². The molecule has 3 aromatic rings. The van der Waals surface area contributed by atoms with Crippen molar-refractivity contribution in [2.75, 3.05) is 26.5 Å². The standard InChI is InChI=1S/C25H26N2O6S/c1-17-10-15-22(32-4)21(16-17)26-24(28)23(18-8-6-5-7-9-18)33-25(29)19-11-13-20(14-12-19)34(30,31)27(2)3/h5-16,23H,1-4H3,(H,26,28)/t23-/m0/s1. The Labute approximate surface area is 199 Å². The molecule has 0 fully saturated rings. The summed E-state index contributed by atoms with van der Waals surface area (Å²) < 4.78 is 36.5. The minimum atomic E-state index is -3.64. The molecule has 0 saturated carbocycles. The Balaban J connectivity index is 1.87. The van der Waals surface area contributed by atoms with E-state index in [2.05, 4.69) is 5.32 Å². The van der Waals surface area contributed by atoms with E-state index in [0.717, 1.165) is 9.87 Å². The maximum Gasteiger partial charge on any atom is 0.339 e. The summed E-state index contributed by atoms with van der Waals surface area (Å²) >= 11 is 0. The van der Waals surface area contributed by atoms with Crippen LogP contribution in [0.3, 0.4) is 0 Å². The number of ether oxygens (including phenoxy) is 2. The van der Waals surface area contributed by atoms with Gasteiger partial charge in [-0.1, -0.05) is 36.4 Å². The number of hydrogen-bond acceptors (Lipinski definition) is 6. The molecule has 0 spiro atoms. The van der Waals surface area contributed by atoms with Gasteiger partial charge in [-0.25, -0.2) is 17.5 Å². The van der Waals surface area contributed by atoms with Crippen LogP contribution in [0, 0.1) is 6.92 Å². The largest absolute Gasteiger partial charge is 0.495 e. The van der Waals surface area contributed by atoms with Gasteiger partial charge < -0.3 is 14.8 Å². The summed E-state index contributed by atoms with van der Waals surface area (Å²) in [6.07, 6.45) is -1.25. The van der Waals surface area contributed by atoms with Crippen LogP contribution in [-0.4, -0.2) is 45.8 Å². The van der Waals surface area contributed by atoms with Gasteiger partial charge in [0.2, 0.25) is 16.1 Å². The zero-order valence-corrected chi connectivity index (χ0v) is 20.1. The predicted molar refractivity (Wildman–Crippen MR) is 128 cm³/mol. The van der Waals surface area contributed by atoms with Crippen LogP contribution in [0.2, 0.25) is 0 Å². The molecule has 8 nitrogen and oxygen atoms in total. The first kappa shape index (κ1) is 24.9. The Hall–Kier alpha value is -3.69. The van der Waals surface area contributed by atoms with Gasteiger partial charge in [-0.2, -0.15) is 0 Å². The van der Waals surface area contributed by atoms with E-state index in [1.54, 1.807) is 42.5 Å². The van der Waals surface area contributed by atoms with Gasteiger partial charge in [0.15, 0.2) is 0 Å². The fourth-order valence-corrected chi connectivity index (χ4v) is 4.07. The van der Waals surface area contributed by atoms with Crippen molar-refractivity contribution in [2.45, 2.75) is 17.9 Å². The molecule has 0 unspecified atom stereocenters. The molecule has 34 heavy (non-hydrogen) atoms. The molecule has 0 radical (unpaired) electrons. The second-order valence-corrected chi connectivity index (χ2v) is 9.85. The number of carbonyl (C=O) groups is 2. The van der Waals surface area contributed by atoms with Gasteiger partial charge in [0.1, 0.15) is 5.75 Å². The lowest BCUT2D eigenvalue weighted by molar-refractivity contribution is -0.125. The third kappa shape index (κ3) is 5.62. The first-order valence-electron chi connectivity index (χ1n) is 10.4. The first-order valence-corrected chi connectivity index (χ1v) is 11.8. The normalized spacial score (nSPS) is 12.1. The number of nitrogens with zero attached hydrogens (tertiary/aromatic N) is 1. The highest BCUT2D eigenvalue weighted by atomic mass is 32.2. The molecular formula is C25H26N2O6S. The molecule has 1 atom stereocenters. The molecule has 0 saturated heterocycles. The smallest absolute Gasteiger partial charge is 0.339 e.